The normalized spacial score (nSPS) is 16.1. The van der Waals surface area contributed by atoms with Gasteiger partial charge in [-0.15, -0.1) is 11.3 Å². The quantitative estimate of drug-likeness (QED) is 0.690. The zero-order valence-corrected chi connectivity index (χ0v) is 17.2. The monoisotopic (exact) mass is 398 g/mol. The molecule has 148 valence electrons. The molecular weight excluding hydrogens is 372 g/mol. The number of thiophene rings is 1. The molecule has 3 heterocycles. The molecule has 6 nitrogen and oxygen atoms in total. The third kappa shape index (κ3) is 3.89. The highest BCUT2D eigenvalue weighted by atomic mass is 32.1. The Bertz CT molecular complexity index is 1020. The number of aliphatic hydroxyl groups is 1. The number of hydrogen-bond acceptors (Lipinski definition) is 6. The first-order valence-electron chi connectivity index (χ1n) is 9.70. The van der Waals surface area contributed by atoms with Crippen LogP contribution in [-0.4, -0.2) is 64.2 Å². The zero-order valence-electron chi connectivity index (χ0n) is 16.4. The van der Waals surface area contributed by atoms with Crippen molar-refractivity contribution in [2.75, 3.05) is 39.3 Å². The van der Waals surface area contributed by atoms with E-state index in [1.165, 1.54) is 5.56 Å². The van der Waals surface area contributed by atoms with Crippen LogP contribution in [0.4, 0.5) is 0 Å². The maximum absolute atomic E-state index is 12.9. The highest BCUT2D eigenvalue weighted by molar-refractivity contribution is 7.19. The van der Waals surface area contributed by atoms with Gasteiger partial charge in [0.25, 0.3) is 5.56 Å². The minimum atomic E-state index is -0.0566. The Kier molecular flexibility index (Phi) is 5.59. The van der Waals surface area contributed by atoms with Gasteiger partial charge < -0.3 is 10.1 Å². The molecule has 0 aliphatic carbocycles. The maximum atomic E-state index is 12.9. The Morgan fingerprint density at radius 2 is 1.79 bits per heavy atom. The summed E-state index contributed by atoms with van der Waals surface area (Å²) in [5.74, 6) is 0.727. The topological polar surface area (TPSA) is 72.5 Å². The summed E-state index contributed by atoms with van der Waals surface area (Å²) >= 11 is 1.59. The minimum absolute atomic E-state index is 0.0566. The van der Waals surface area contributed by atoms with Gasteiger partial charge in [-0.3, -0.25) is 14.6 Å². The molecule has 1 saturated heterocycles. The van der Waals surface area contributed by atoms with Crippen molar-refractivity contribution in [3.05, 3.63) is 50.9 Å². The summed E-state index contributed by atoms with van der Waals surface area (Å²) in [5.41, 5.74) is 3.21. The Labute approximate surface area is 168 Å². The number of aromatic nitrogens is 2. The molecular formula is C21H26N4O2S. The second-order valence-electron chi connectivity index (χ2n) is 7.43. The number of fused-ring (bicyclic) bond motifs is 1. The number of hydrogen-bond donors (Lipinski definition) is 2. The minimum Gasteiger partial charge on any atom is -0.395 e. The van der Waals surface area contributed by atoms with E-state index in [4.69, 9.17) is 10.1 Å². The van der Waals surface area contributed by atoms with Gasteiger partial charge in [0, 0.05) is 43.2 Å². The van der Waals surface area contributed by atoms with Gasteiger partial charge in [0.15, 0.2) is 0 Å². The summed E-state index contributed by atoms with van der Waals surface area (Å²) in [7, 11) is 0. The molecule has 2 N–H and O–H groups in total. The fraction of sp³-hybridized carbons (Fsp3) is 0.429. The molecule has 7 heteroatoms. The summed E-state index contributed by atoms with van der Waals surface area (Å²) in [6.45, 7) is 9.39. The van der Waals surface area contributed by atoms with Crippen LogP contribution in [0.1, 0.15) is 16.3 Å². The van der Waals surface area contributed by atoms with Gasteiger partial charge in [0.2, 0.25) is 0 Å². The summed E-state index contributed by atoms with van der Waals surface area (Å²) in [6, 6.07) is 8.29. The van der Waals surface area contributed by atoms with E-state index in [-0.39, 0.29) is 12.2 Å². The largest absolute Gasteiger partial charge is 0.395 e. The lowest BCUT2D eigenvalue weighted by Gasteiger charge is -2.33. The SMILES string of the molecule is Cc1ccc(-c2c(C)sc3nc(CN4CCN(CCO)CC4)[nH]c(=O)c23)cc1. The van der Waals surface area contributed by atoms with Gasteiger partial charge in [-0.2, -0.15) is 0 Å². The van der Waals surface area contributed by atoms with E-state index in [9.17, 15) is 4.79 Å². The molecule has 1 aromatic carbocycles. The van der Waals surface area contributed by atoms with Gasteiger partial charge >= 0.3 is 0 Å². The lowest BCUT2D eigenvalue weighted by Crippen LogP contribution is -2.46. The number of nitrogens with one attached hydrogen (secondary N) is 1. The number of H-pyrrole nitrogens is 1. The third-order valence-corrected chi connectivity index (χ3v) is 6.38. The smallest absolute Gasteiger partial charge is 0.260 e. The average Bonchev–Trinajstić information content (AvgIpc) is 3.01. The highest BCUT2D eigenvalue weighted by Gasteiger charge is 2.20. The van der Waals surface area contributed by atoms with Crippen LogP contribution in [0, 0.1) is 13.8 Å². The highest BCUT2D eigenvalue weighted by Crippen LogP contribution is 2.35. The third-order valence-electron chi connectivity index (χ3n) is 5.38. The number of β-amino-alcohol motifs (C(OH)–C–C–N with tert-alkyl or cyclic N) is 1. The van der Waals surface area contributed by atoms with Gasteiger partial charge in [0.1, 0.15) is 10.7 Å². The van der Waals surface area contributed by atoms with Crippen LogP contribution >= 0.6 is 11.3 Å². The van der Waals surface area contributed by atoms with E-state index in [0.29, 0.717) is 11.9 Å². The molecule has 0 amide bonds. The van der Waals surface area contributed by atoms with Crippen LogP contribution in [0.3, 0.4) is 0 Å². The molecule has 1 aliphatic rings. The van der Waals surface area contributed by atoms with Crippen molar-refractivity contribution in [2.45, 2.75) is 20.4 Å². The molecule has 0 radical (unpaired) electrons. The molecule has 0 atom stereocenters. The van der Waals surface area contributed by atoms with E-state index < -0.39 is 0 Å². The predicted molar refractivity (Wildman–Crippen MR) is 114 cm³/mol. The maximum Gasteiger partial charge on any atom is 0.260 e. The average molecular weight is 399 g/mol. The fourth-order valence-electron chi connectivity index (χ4n) is 3.83. The van der Waals surface area contributed by atoms with Crippen molar-refractivity contribution < 1.29 is 5.11 Å². The van der Waals surface area contributed by atoms with E-state index in [0.717, 1.165) is 59.4 Å². The molecule has 3 aromatic rings. The number of rotatable bonds is 5. The molecule has 0 spiro atoms. The van der Waals surface area contributed by atoms with Crippen molar-refractivity contribution in [1.82, 2.24) is 19.8 Å². The first kappa shape index (κ1) is 19.3. The summed E-state index contributed by atoms with van der Waals surface area (Å²) < 4.78 is 0. The summed E-state index contributed by atoms with van der Waals surface area (Å²) in [5, 5.41) is 9.76. The first-order valence-corrected chi connectivity index (χ1v) is 10.5. The predicted octanol–water partition coefficient (Wildman–Crippen LogP) is 2.38. The fourth-order valence-corrected chi connectivity index (χ4v) is 4.90. The number of aliphatic hydroxyl groups excluding tert-OH is 1. The number of nitrogens with zero attached hydrogens (tertiary/aromatic N) is 3. The Hall–Kier alpha value is -2.06. The van der Waals surface area contributed by atoms with Gasteiger partial charge in [-0.25, -0.2) is 4.98 Å². The molecule has 1 aliphatic heterocycles. The zero-order chi connectivity index (χ0) is 19.7. The second kappa shape index (κ2) is 8.13. The van der Waals surface area contributed by atoms with Gasteiger partial charge in [-0.05, 0) is 19.4 Å². The van der Waals surface area contributed by atoms with Crippen molar-refractivity contribution in [3.63, 3.8) is 0 Å². The van der Waals surface area contributed by atoms with E-state index in [2.05, 4.69) is 52.9 Å². The van der Waals surface area contributed by atoms with E-state index in [1.807, 2.05) is 0 Å². The molecule has 28 heavy (non-hydrogen) atoms. The van der Waals surface area contributed by atoms with Crippen LogP contribution in [0.2, 0.25) is 0 Å². The number of piperazine rings is 1. The van der Waals surface area contributed by atoms with Crippen LogP contribution in [-0.2, 0) is 6.54 Å². The first-order chi connectivity index (χ1) is 13.5. The Morgan fingerprint density at radius 3 is 2.46 bits per heavy atom. The van der Waals surface area contributed by atoms with E-state index in [1.54, 1.807) is 11.3 Å². The van der Waals surface area contributed by atoms with Crippen molar-refractivity contribution in [3.8, 4) is 11.1 Å². The van der Waals surface area contributed by atoms with Gasteiger partial charge in [-0.1, -0.05) is 29.8 Å². The molecule has 2 aromatic heterocycles. The van der Waals surface area contributed by atoms with Crippen molar-refractivity contribution in [2.24, 2.45) is 0 Å². The Balaban J connectivity index is 1.60. The van der Waals surface area contributed by atoms with Crippen LogP contribution in [0.15, 0.2) is 29.1 Å². The lowest BCUT2D eigenvalue weighted by atomic mass is 10.0. The van der Waals surface area contributed by atoms with Crippen LogP contribution < -0.4 is 5.56 Å². The molecule has 0 bridgehead atoms. The standard InChI is InChI=1S/C21H26N4O2S/c1-14-3-5-16(6-4-14)18-15(2)28-21-19(18)20(27)22-17(23-21)13-25-9-7-24(8-10-25)11-12-26/h3-6,26H,7-13H2,1-2H3,(H,22,23,27). The summed E-state index contributed by atoms with van der Waals surface area (Å²) in [6.07, 6.45) is 0. The lowest BCUT2D eigenvalue weighted by molar-refractivity contribution is 0.107. The molecule has 1 fully saturated rings. The molecule has 4 rings (SSSR count). The molecule has 0 saturated carbocycles. The number of aryl methyl sites for hydroxylation is 2. The Morgan fingerprint density at radius 1 is 1.11 bits per heavy atom. The number of aromatic amines is 1. The summed E-state index contributed by atoms with van der Waals surface area (Å²) in [4.78, 5) is 27.2. The number of benzene rings is 1. The second-order valence-corrected chi connectivity index (χ2v) is 8.64. The van der Waals surface area contributed by atoms with Crippen molar-refractivity contribution >= 4 is 21.6 Å². The van der Waals surface area contributed by atoms with Crippen LogP contribution in [0.25, 0.3) is 21.3 Å². The van der Waals surface area contributed by atoms with Gasteiger partial charge in [0.05, 0.1) is 18.5 Å². The van der Waals surface area contributed by atoms with E-state index >= 15 is 0 Å². The van der Waals surface area contributed by atoms with Crippen LogP contribution in [0.5, 0.6) is 0 Å². The molecule has 0 unspecified atom stereocenters. The van der Waals surface area contributed by atoms with Crippen molar-refractivity contribution in [1.29, 1.82) is 0 Å².